The fourth-order valence-electron chi connectivity index (χ4n) is 1.92. The summed E-state index contributed by atoms with van der Waals surface area (Å²) in [5.74, 6) is 0.937. The Balaban J connectivity index is 0.00000200. The minimum atomic E-state index is -0.505. The Kier molecular flexibility index (Phi) is 7.75. The second-order valence-electron chi connectivity index (χ2n) is 4.27. The van der Waals surface area contributed by atoms with Crippen LogP contribution in [0.15, 0.2) is 4.34 Å². The zero-order chi connectivity index (χ0) is 13.7. The number of amides is 1. The number of aromatic nitrogens is 2. The maximum atomic E-state index is 12.0. The van der Waals surface area contributed by atoms with Crippen molar-refractivity contribution in [3.05, 3.63) is 0 Å². The molecule has 20 heavy (non-hydrogen) atoms. The van der Waals surface area contributed by atoms with E-state index < -0.39 is 6.04 Å². The molecule has 0 radical (unpaired) electrons. The lowest BCUT2D eigenvalue weighted by molar-refractivity contribution is -0.119. The molecule has 6 nitrogen and oxygen atoms in total. The van der Waals surface area contributed by atoms with Crippen LogP contribution < -0.4 is 11.1 Å². The van der Waals surface area contributed by atoms with Crippen LogP contribution in [0.2, 0.25) is 0 Å². The van der Waals surface area contributed by atoms with Gasteiger partial charge in [-0.05, 0) is 24.5 Å². The van der Waals surface area contributed by atoms with Crippen LogP contribution in [-0.2, 0) is 9.53 Å². The number of hydrogen-bond acceptors (Lipinski definition) is 7. The predicted molar refractivity (Wildman–Crippen MR) is 83.7 cm³/mol. The minimum absolute atomic E-state index is 0. The van der Waals surface area contributed by atoms with Gasteiger partial charge >= 0.3 is 0 Å². The molecular weight excluding hydrogens is 320 g/mol. The summed E-state index contributed by atoms with van der Waals surface area (Å²) in [6.45, 7) is 3.41. The molecule has 0 bridgehead atoms. The predicted octanol–water partition coefficient (Wildman–Crippen LogP) is 1.76. The minimum Gasteiger partial charge on any atom is -0.381 e. The normalized spacial score (nSPS) is 17.3. The lowest BCUT2D eigenvalue weighted by Gasteiger charge is -2.26. The summed E-state index contributed by atoms with van der Waals surface area (Å²) >= 11 is 2.98. The lowest BCUT2D eigenvalue weighted by atomic mass is 9.92. The molecule has 3 N–H and O–H groups in total. The molecular formula is C11H19ClN4O2S2. The molecule has 0 aromatic carbocycles. The number of ether oxygens (including phenoxy) is 1. The Morgan fingerprint density at radius 3 is 2.90 bits per heavy atom. The average Bonchev–Trinajstić information content (AvgIpc) is 2.86. The quantitative estimate of drug-likeness (QED) is 0.628. The van der Waals surface area contributed by atoms with E-state index in [1.54, 1.807) is 11.8 Å². The Morgan fingerprint density at radius 2 is 2.25 bits per heavy atom. The third-order valence-electron chi connectivity index (χ3n) is 2.98. The molecule has 1 fully saturated rings. The van der Waals surface area contributed by atoms with Crippen molar-refractivity contribution in [3.63, 3.8) is 0 Å². The van der Waals surface area contributed by atoms with Crippen molar-refractivity contribution in [1.82, 2.24) is 10.2 Å². The lowest BCUT2D eigenvalue weighted by Crippen LogP contribution is -2.43. The molecule has 1 aromatic rings. The maximum absolute atomic E-state index is 12.0. The molecule has 2 heterocycles. The van der Waals surface area contributed by atoms with Gasteiger partial charge in [0.15, 0.2) is 4.34 Å². The van der Waals surface area contributed by atoms with Gasteiger partial charge in [-0.1, -0.05) is 30.0 Å². The highest BCUT2D eigenvalue weighted by Gasteiger charge is 2.27. The summed E-state index contributed by atoms with van der Waals surface area (Å²) in [5.41, 5.74) is 5.99. The fraction of sp³-hybridized carbons (Fsp3) is 0.727. The molecule has 1 aliphatic heterocycles. The Hall–Kier alpha value is -0.410. The van der Waals surface area contributed by atoms with Crippen molar-refractivity contribution in [2.24, 2.45) is 11.7 Å². The van der Waals surface area contributed by atoms with Crippen molar-refractivity contribution in [2.45, 2.75) is 30.1 Å². The first-order valence-corrected chi connectivity index (χ1v) is 8.11. The van der Waals surface area contributed by atoms with Crippen molar-refractivity contribution >= 4 is 46.5 Å². The van der Waals surface area contributed by atoms with Gasteiger partial charge in [0.1, 0.15) is 0 Å². The highest BCUT2D eigenvalue weighted by Crippen LogP contribution is 2.25. The zero-order valence-corrected chi connectivity index (χ0v) is 13.7. The van der Waals surface area contributed by atoms with Gasteiger partial charge in [-0.2, -0.15) is 0 Å². The molecule has 1 aliphatic rings. The number of anilines is 1. The molecule has 9 heteroatoms. The van der Waals surface area contributed by atoms with Crippen LogP contribution in [0.25, 0.3) is 0 Å². The number of carbonyl (C=O) groups is 1. The van der Waals surface area contributed by atoms with E-state index in [-0.39, 0.29) is 24.2 Å². The van der Waals surface area contributed by atoms with Gasteiger partial charge in [0.25, 0.3) is 0 Å². The molecule has 0 saturated carbocycles. The van der Waals surface area contributed by atoms with Crippen LogP contribution in [0, 0.1) is 5.92 Å². The molecule has 1 unspecified atom stereocenters. The number of nitrogens with zero attached hydrogens (tertiary/aromatic N) is 2. The van der Waals surface area contributed by atoms with Crippen LogP contribution in [-0.4, -0.2) is 41.1 Å². The molecule has 2 rings (SSSR count). The smallest absolute Gasteiger partial charge is 0.243 e. The molecule has 114 valence electrons. The summed E-state index contributed by atoms with van der Waals surface area (Å²) < 4.78 is 6.13. The number of rotatable bonds is 5. The van der Waals surface area contributed by atoms with Gasteiger partial charge in [0.05, 0.1) is 6.04 Å². The number of nitrogens with two attached hydrogens (primary N) is 1. The van der Waals surface area contributed by atoms with Crippen molar-refractivity contribution in [2.75, 3.05) is 24.3 Å². The third kappa shape index (κ3) is 4.85. The number of thioether (sulfide) groups is 1. The Labute approximate surface area is 132 Å². The highest BCUT2D eigenvalue weighted by molar-refractivity contribution is 8.01. The van der Waals surface area contributed by atoms with Gasteiger partial charge in [-0.25, -0.2) is 0 Å². The second kappa shape index (κ2) is 8.78. The van der Waals surface area contributed by atoms with E-state index in [4.69, 9.17) is 10.5 Å². The molecule has 0 spiro atoms. The fourth-order valence-corrected chi connectivity index (χ4v) is 3.57. The van der Waals surface area contributed by atoms with E-state index in [0.29, 0.717) is 18.3 Å². The van der Waals surface area contributed by atoms with E-state index in [9.17, 15) is 4.79 Å². The van der Waals surface area contributed by atoms with Gasteiger partial charge in [-0.3, -0.25) is 10.1 Å². The molecule has 1 saturated heterocycles. The largest absolute Gasteiger partial charge is 0.381 e. The third-order valence-corrected chi connectivity index (χ3v) is 4.84. The first-order chi connectivity index (χ1) is 9.20. The summed E-state index contributed by atoms with van der Waals surface area (Å²) in [6, 6.07) is -0.505. The van der Waals surface area contributed by atoms with Crippen LogP contribution in [0.3, 0.4) is 0 Å². The van der Waals surface area contributed by atoms with Gasteiger partial charge in [0, 0.05) is 13.2 Å². The van der Waals surface area contributed by atoms with Crippen LogP contribution in [0.1, 0.15) is 19.8 Å². The Bertz CT molecular complexity index is 426. The van der Waals surface area contributed by atoms with Crippen molar-refractivity contribution in [3.8, 4) is 0 Å². The van der Waals surface area contributed by atoms with Crippen LogP contribution in [0.4, 0.5) is 5.13 Å². The van der Waals surface area contributed by atoms with E-state index in [2.05, 4.69) is 15.5 Å². The van der Waals surface area contributed by atoms with Crippen molar-refractivity contribution < 1.29 is 9.53 Å². The van der Waals surface area contributed by atoms with Gasteiger partial charge in [0.2, 0.25) is 11.0 Å². The highest BCUT2D eigenvalue weighted by atomic mass is 35.5. The molecule has 1 aromatic heterocycles. The van der Waals surface area contributed by atoms with Crippen molar-refractivity contribution in [1.29, 1.82) is 0 Å². The van der Waals surface area contributed by atoms with Crippen LogP contribution in [0.5, 0.6) is 0 Å². The van der Waals surface area contributed by atoms with E-state index in [1.807, 2.05) is 6.92 Å². The first-order valence-electron chi connectivity index (χ1n) is 6.31. The summed E-state index contributed by atoms with van der Waals surface area (Å²) in [6.07, 6.45) is 1.67. The Morgan fingerprint density at radius 1 is 1.55 bits per heavy atom. The van der Waals surface area contributed by atoms with E-state index in [1.165, 1.54) is 11.3 Å². The van der Waals surface area contributed by atoms with Gasteiger partial charge < -0.3 is 10.5 Å². The maximum Gasteiger partial charge on any atom is 0.243 e. The number of halogens is 1. The number of carbonyl (C=O) groups excluding carboxylic acids is 1. The first kappa shape index (κ1) is 17.6. The van der Waals surface area contributed by atoms with E-state index in [0.717, 1.165) is 22.9 Å². The van der Waals surface area contributed by atoms with Crippen LogP contribution >= 0.6 is 35.5 Å². The monoisotopic (exact) mass is 338 g/mol. The average molecular weight is 339 g/mol. The summed E-state index contributed by atoms with van der Waals surface area (Å²) in [5, 5.41) is 11.2. The molecule has 0 aliphatic carbocycles. The van der Waals surface area contributed by atoms with E-state index >= 15 is 0 Å². The SMILES string of the molecule is CCSc1nnc(NC(=O)C(N)C2CCOCC2)s1.Cl. The summed E-state index contributed by atoms with van der Waals surface area (Å²) in [7, 11) is 0. The van der Waals surface area contributed by atoms with Gasteiger partial charge in [-0.15, -0.1) is 22.6 Å². The second-order valence-corrected chi connectivity index (χ2v) is 6.76. The molecule has 1 atom stereocenters. The zero-order valence-electron chi connectivity index (χ0n) is 11.2. The molecule has 1 amide bonds. The standard InChI is InChI=1S/C11H18N4O2S2.ClH/c1-2-18-11-15-14-10(19-11)13-9(16)8(12)7-3-5-17-6-4-7;/h7-8H,2-6,12H2,1H3,(H,13,14,16);1H. The number of nitrogens with one attached hydrogen (secondary N) is 1. The summed E-state index contributed by atoms with van der Waals surface area (Å²) in [4.78, 5) is 12.0. The number of hydrogen-bond donors (Lipinski definition) is 2. The topological polar surface area (TPSA) is 90.1 Å².